The standard InChI is InChI=1S/C14H14BrN3O2/c1-9-5-3-4-6-12(9)10(2)17-14-13(18(19)20)7-11(15)8-16-14/h3-8,10H,1-2H3,(H,16,17). The minimum absolute atomic E-state index is 0.0418. The number of nitrogens with zero attached hydrogens (tertiary/aromatic N) is 2. The molecule has 1 atom stereocenters. The molecule has 104 valence electrons. The Hall–Kier alpha value is -1.95. The second-order valence-electron chi connectivity index (χ2n) is 4.50. The summed E-state index contributed by atoms with van der Waals surface area (Å²) in [5.41, 5.74) is 2.18. The van der Waals surface area contributed by atoms with E-state index in [1.165, 1.54) is 6.07 Å². The van der Waals surface area contributed by atoms with E-state index >= 15 is 0 Å². The van der Waals surface area contributed by atoms with Crippen molar-refractivity contribution >= 4 is 27.4 Å². The summed E-state index contributed by atoms with van der Waals surface area (Å²) in [6, 6.07) is 9.30. The summed E-state index contributed by atoms with van der Waals surface area (Å²) in [5, 5.41) is 14.2. The van der Waals surface area contributed by atoms with Gasteiger partial charge < -0.3 is 5.32 Å². The van der Waals surface area contributed by atoms with Crippen LogP contribution in [0.25, 0.3) is 0 Å². The Morgan fingerprint density at radius 3 is 2.75 bits per heavy atom. The highest BCUT2D eigenvalue weighted by atomic mass is 79.9. The molecule has 5 nitrogen and oxygen atoms in total. The van der Waals surface area contributed by atoms with Crippen LogP contribution in [0.15, 0.2) is 41.0 Å². The van der Waals surface area contributed by atoms with Crippen LogP contribution in [0.4, 0.5) is 11.5 Å². The van der Waals surface area contributed by atoms with Gasteiger partial charge in [-0.15, -0.1) is 0 Å². The molecular weight excluding hydrogens is 322 g/mol. The van der Waals surface area contributed by atoms with Crippen LogP contribution >= 0.6 is 15.9 Å². The quantitative estimate of drug-likeness (QED) is 0.670. The van der Waals surface area contributed by atoms with E-state index in [2.05, 4.69) is 26.2 Å². The largest absolute Gasteiger partial charge is 0.358 e. The van der Waals surface area contributed by atoms with Crippen LogP contribution < -0.4 is 5.32 Å². The molecule has 1 unspecified atom stereocenters. The van der Waals surface area contributed by atoms with Gasteiger partial charge in [0.05, 0.1) is 11.0 Å². The molecule has 0 saturated heterocycles. The first-order valence-electron chi connectivity index (χ1n) is 6.11. The van der Waals surface area contributed by atoms with E-state index in [9.17, 15) is 10.1 Å². The molecule has 1 aromatic heterocycles. The van der Waals surface area contributed by atoms with Crippen LogP contribution in [0.3, 0.4) is 0 Å². The van der Waals surface area contributed by atoms with Gasteiger partial charge in [0.2, 0.25) is 5.82 Å². The molecule has 1 heterocycles. The minimum Gasteiger partial charge on any atom is -0.358 e. The molecule has 0 amide bonds. The molecule has 0 aliphatic heterocycles. The summed E-state index contributed by atoms with van der Waals surface area (Å²) < 4.78 is 0.582. The fourth-order valence-corrected chi connectivity index (χ4v) is 2.35. The van der Waals surface area contributed by atoms with Gasteiger partial charge in [0.15, 0.2) is 0 Å². The summed E-state index contributed by atoms with van der Waals surface area (Å²) in [7, 11) is 0. The Bertz CT molecular complexity index is 646. The third-order valence-electron chi connectivity index (χ3n) is 3.04. The summed E-state index contributed by atoms with van der Waals surface area (Å²) >= 11 is 3.19. The van der Waals surface area contributed by atoms with Crippen molar-refractivity contribution in [1.29, 1.82) is 0 Å². The van der Waals surface area contributed by atoms with Crippen molar-refractivity contribution in [2.24, 2.45) is 0 Å². The predicted molar refractivity (Wildman–Crippen MR) is 81.8 cm³/mol. The van der Waals surface area contributed by atoms with Crippen LogP contribution in [0.5, 0.6) is 0 Å². The number of nitrogens with one attached hydrogen (secondary N) is 1. The minimum atomic E-state index is -0.440. The second kappa shape index (κ2) is 6.00. The molecule has 1 aromatic carbocycles. The zero-order chi connectivity index (χ0) is 14.7. The lowest BCUT2D eigenvalue weighted by Crippen LogP contribution is -2.11. The number of nitro groups is 1. The average molecular weight is 336 g/mol. The topological polar surface area (TPSA) is 68.1 Å². The highest BCUT2D eigenvalue weighted by Gasteiger charge is 2.18. The molecule has 0 aliphatic rings. The maximum absolute atomic E-state index is 11.1. The number of hydrogen-bond donors (Lipinski definition) is 1. The number of pyridine rings is 1. The smallest absolute Gasteiger partial charge is 0.312 e. The van der Waals surface area contributed by atoms with Crippen LogP contribution in [0.2, 0.25) is 0 Å². The third-order valence-corrected chi connectivity index (χ3v) is 3.47. The summed E-state index contributed by atoms with van der Waals surface area (Å²) in [4.78, 5) is 14.7. The number of halogens is 1. The van der Waals surface area contributed by atoms with E-state index in [0.29, 0.717) is 4.47 Å². The van der Waals surface area contributed by atoms with Crippen LogP contribution in [0, 0.1) is 17.0 Å². The molecule has 0 aliphatic carbocycles. The SMILES string of the molecule is Cc1ccccc1C(C)Nc1ncc(Br)cc1[N+](=O)[O-]. The van der Waals surface area contributed by atoms with Crippen LogP contribution in [0.1, 0.15) is 24.1 Å². The van der Waals surface area contributed by atoms with Gasteiger partial charge in [0.25, 0.3) is 0 Å². The third kappa shape index (κ3) is 3.14. The predicted octanol–water partition coefficient (Wildman–Crippen LogP) is 4.23. The molecule has 2 aromatic rings. The Morgan fingerprint density at radius 2 is 2.10 bits per heavy atom. The highest BCUT2D eigenvalue weighted by molar-refractivity contribution is 9.10. The van der Waals surface area contributed by atoms with Gasteiger partial charge in [-0.3, -0.25) is 10.1 Å². The van der Waals surface area contributed by atoms with Crippen molar-refractivity contribution in [2.45, 2.75) is 19.9 Å². The van der Waals surface area contributed by atoms with E-state index in [-0.39, 0.29) is 17.5 Å². The Kier molecular flexibility index (Phi) is 4.34. The number of benzene rings is 1. The summed E-state index contributed by atoms with van der Waals surface area (Å²) in [6.45, 7) is 3.96. The molecule has 0 fully saturated rings. The zero-order valence-electron chi connectivity index (χ0n) is 11.1. The molecule has 6 heteroatoms. The lowest BCUT2D eigenvalue weighted by Gasteiger charge is -2.17. The van der Waals surface area contributed by atoms with Gasteiger partial charge in [-0.25, -0.2) is 4.98 Å². The van der Waals surface area contributed by atoms with Gasteiger partial charge in [-0.05, 0) is 40.9 Å². The van der Waals surface area contributed by atoms with Gasteiger partial charge in [-0.2, -0.15) is 0 Å². The fraction of sp³-hybridized carbons (Fsp3) is 0.214. The Balaban J connectivity index is 2.31. The van der Waals surface area contributed by atoms with Crippen molar-refractivity contribution in [3.8, 4) is 0 Å². The molecule has 0 spiro atoms. The summed E-state index contributed by atoms with van der Waals surface area (Å²) in [5.74, 6) is 0.272. The van der Waals surface area contributed by atoms with Gasteiger partial charge in [0.1, 0.15) is 0 Å². The van der Waals surface area contributed by atoms with E-state index in [4.69, 9.17) is 0 Å². The van der Waals surface area contributed by atoms with Crippen molar-refractivity contribution in [2.75, 3.05) is 5.32 Å². The lowest BCUT2D eigenvalue weighted by atomic mass is 10.0. The highest BCUT2D eigenvalue weighted by Crippen LogP contribution is 2.29. The maximum atomic E-state index is 11.1. The van der Waals surface area contributed by atoms with Crippen molar-refractivity contribution in [3.05, 3.63) is 62.2 Å². The second-order valence-corrected chi connectivity index (χ2v) is 5.42. The molecular formula is C14H14BrN3O2. The fourth-order valence-electron chi connectivity index (χ4n) is 2.03. The first-order chi connectivity index (χ1) is 9.49. The average Bonchev–Trinajstić information content (AvgIpc) is 2.41. The van der Waals surface area contributed by atoms with E-state index in [1.54, 1.807) is 6.20 Å². The van der Waals surface area contributed by atoms with Gasteiger partial charge in [-0.1, -0.05) is 24.3 Å². The lowest BCUT2D eigenvalue weighted by molar-refractivity contribution is -0.384. The maximum Gasteiger partial charge on any atom is 0.312 e. The van der Waals surface area contributed by atoms with Crippen molar-refractivity contribution < 1.29 is 4.92 Å². The molecule has 0 bridgehead atoms. The van der Waals surface area contributed by atoms with E-state index < -0.39 is 4.92 Å². The normalized spacial score (nSPS) is 11.9. The Morgan fingerprint density at radius 1 is 1.40 bits per heavy atom. The molecule has 20 heavy (non-hydrogen) atoms. The van der Waals surface area contributed by atoms with Gasteiger partial charge in [0, 0.05) is 16.7 Å². The monoisotopic (exact) mass is 335 g/mol. The zero-order valence-corrected chi connectivity index (χ0v) is 12.7. The number of aromatic nitrogens is 1. The first kappa shape index (κ1) is 14.5. The van der Waals surface area contributed by atoms with Crippen LogP contribution in [-0.2, 0) is 0 Å². The van der Waals surface area contributed by atoms with Gasteiger partial charge >= 0.3 is 5.69 Å². The first-order valence-corrected chi connectivity index (χ1v) is 6.90. The Labute approximate surface area is 125 Å². The van der Waals surface area contributed by atoms with Crippen molar-refractivity contribution in [1.82, 2.24) is 4.98 Å². The number of hydrogen-bond acceptors (Lipinski definition) is 4. The number of aryl methyl sites for hydroxylation is 1. The molecule has 2 rings (SSSR count). The van der Waals surface area contributed by atoms with E-state index in [0.717, 1.165) is 11.1 Å². The van der Waals surface area contributed by atoms with Crippen LogP contribution in [-0.4, -0.2) is 9.91 Å². The number of rotatable bonds is 4. The molecule has 1 N–H and O–H groups in total. The molecule has 0 saturated carbocycles. The van der Waals surface area contributed by atoms with Crippen molar-refractivity contribution in [3.63, 3.8) is 0 Å². The molecule has 0 radical (unpaired) electrons. The summed E-state index contributed by atoms with van der Waals surface area (Å²) in [6.07, 6.45) is 1.54. The number of anilines is 1. The van der Waals surface area contributed by atoms with E-state index in [1.807, 2.05) is 38.1 Å².